The maximum absolute atomic E-state index is 16.6. The van der Waals surface area contributed by atoms with Gasteiger partial charge in [0, 0.05) is 32.3 Å². The smallest absolute Gasteiger partial charge is 0.178 e. The molecule has 1 heterocycles. The third-order valence-electron chi connectivity index (χ3n) is 8.63. The van der Waals surface area contributed by atoms with E-state index < -0.39 is 14.3 Å². The lowest BCUT2D eigenvalue weighted by molar-refractivity contribution is 0.469. The summed E-state index contributed by atoms with van der Waals surface area (Å²) in [6.07, 6.45) is 2.94. The maximum atomic E-state index is 16.6. The fourth-order valence-corrected chi connectivity index (χ4v) is 14.0. The summed E-state index contributed by atoms with van der Waals surface area (Å²) in [7, 11) is -7.75. The van der Waals surface area contributed by atoms with Crippen molar-refractivity contribution in [3.05, 3.63) is 197 Å². The van der Waals surface area contributed by atoms with E-state index in [9.17, 15) is 0 Å². The number of aryl methyl sites for hydroxylation is 1. The lowest BCUT2D eigenvalue weighted by atomic mass is 10.0. The second-order valence-electron chi connectivity index (χ2n) is 11.5. The maximum Gasteiger partial charge on any atom is 0.178 e. The van der Waals surface area contributed by atoms with Crippen LogP contribution in [0.2, 0.25) is 0 Å². The minimum Gasteiger partial charge on any atom is -0.455 e. The van der Waals surface area contributed by atoms with Crippen LogP contribution < -0.4 is 21.2 Å². The Hall–Kier alpha value is -4.94. The van der Waals surface area contributed by atoms with Crippen LogP contribution in [0.25, 0.3) is 17.6 Å². The molecule has 0 N–H and O–H groups in total. The Morgan fingerprint density at radius 2 is 0.915 bits per heavy atom. The monoisotopic (exact) mass is 648 g/mol. The zero-order valence-corrected chi connectivity index (χ0v) is 27.9. The first kappa shape index (κ1) is 30.7. The molecule has 0 atom stereocenters. The first-order chi connectivity index (χ1) is 23.0. The van der Waals surface area contributed by atoms with Crippen LogP contribution in [-0.4, -0.2) is 0 Å². The van der Waals surface area contributed by atoms with Gasteiger partial charge in [-0.1, -0.05) is 177 Å². The molecule has 7 rings (SSSR count). The van der Waals surface area contributed by atoms with Crippen LogP contribution in [0.15, 0.2) is 175 Å². The summed E-state index contributed by atoms with van der Waals surface area (Å²) in [5.41, 5.74) is 3.76. The summed E-state index contributed by atoms with van der Waals surface area (Å²) < 4.78 is 40.2. The molecule has 0 aliphatic carbocycles. The summed E-state index contributed by atoms with van der Waals surface area (Å²) in [6.45, 7) is 2.13. The molecular formula is C42H34O3P2. The molecule has 5 heteroatoms. The van der Waals surface area contributed by atoms with E-state index in [2.05, 4.69) is 31.2 Å². The van der Waals surface area contributed by atoms with E-state index in [0.29, 0.717) is 37.8 Å². The highest BCUT2D eigenvalue weighted by Crippen LogP contribution is 2.72. The quantitative estimate of drug-likeness (QED) is 0.155. The summed E-state index contributed by atoms with van der Waals surface area (Å²) >= 11 is 0. The molecular weight excluding hydrogens is 614 g/mol. The largest absolute Gasteiger partial charge is 0.455 e. The van der Waals surface area contributed by atoms with Gasteiger partial charge < -0.3 is 13.9 Å². The minimum atomic E-state index is -3.88. The number of hydrogen-bond acceptors (Lipinski definition) is 3. The molecule has 0 amide bonds. The van der Waals surface area contributed by atoms with Gasteiger partial charge in [0.1, 0.15) is 10.8 Å². The SMILES string of the molecule is CCc1ccc(C2=Cc3ccccc3C(=C(P(=O)(c3ccccc3)c3ccccc3)P(=O)(c3ccccc3)c3ccccc3)O2)cc1. The van der Waals surface area contributed by atoms with Crippen LogP contribution in [0.3, 0.4) is 0 Å². The van der Waals surface area contributed by atoms with E-state index in [4.69, 9.17) is 4.74 Å². The molecule has 47 heavy (non-hydrogen) atoms. The third kappa shape index (κ3) is 5.57. The van der Waals surface area contributed by atoms with E-state index in [0.717, 1.165) is 23.1 Å². The molecule has 1 aliphatic heterocycles. The van der Waals surface area contributed by atoms with Crippen molar-refractivity contribution in [2.24, 2.45) is 0 Å². The molecule has 0 unspecified atom stereocenters. The van der Waals surface area contributed by atoms with Crippen molar-refractivity contribution in [2.45, 2.75) is 13.3 Å². The van der Waals surface area contributed by atoms with Crippen molar-refractivity contribution in [3.8, 4) is 0 Å². The van der Waals surface area contributed by atoms with Gasteiger partial charge in [0.15, 0.2) is 20.0 Å². The minimum absolute atomic E-state index is 0.294. The molecule has 0 aromatic heterocycles. The summed E-state index contributed by atoms with van der Waals surface area (Å²) in [6, 6.07) is 54.0. The van der Waals surface area contributed by atoms with Gasteiger partial charge in [-0.3, -0.25) is 0 Å². The zero-order valence-electron chi connectivity index (χ0n) is 26.1. The first-order valence-corrected chi connectivity index (χ1v) is 19.2. The molecule has 3 nitrogen and oxygen atoms in total. The van der Waals surface area contributed by atoms with Crippen molar-refractivity contribution in [2.75, 3.05) is 0 Å². The Balaban J connectivity index is 1.66. The van der Waals surface area contributed by atoms with Crippen LogP contribution in [-0.2, 0) is 20.3 Å². The van der Waals surface area contributed by atoms with E-state index >= 15 is 9.13 Å². The molecule has 0 fully saturated rings. The van der Waals surface area contributed by atoms with Crippen LogP contribution in [0.5, 0.6) is 0 Å². The van der Waals surface area contributed by atoms with Gasteiger partial charge in [-0.05, 0) is 23.6 Å². The molecule has 0 radical (unpaired) electrons. The topological polar surface area (TPSA) is 43.4 Å². The van der Waals surface area contributed by atoms with Gasteiger partial charge in [0.05, 0.1) is 0 Å². The fraction of sp³-hybridized carbons (Fsp3) is 0.0476. The molecule has 6 aromatic rings. The molecule has 1 aliphatic rings. The predicted molar refractivity (Wildman–Crippen MR) is 198 cm³/mol. The van der Waals surface area contributed by atoms with Crippen molar-refractivity contribution in [1.82, 2.24) is 0 Å². The normalized spacial score (nSPS) is 12.9. The van der Waals surface area contributed by atoms with Gasteiger partial charge in [-0.25, -0.2) is 0 Å². The van der Waals surface area contributed by atoms with Crippen LogP contribution in [0.4, 0.5) is 0 Å². The highest BCUT2D eigenvalue weighted by Gasteiger charge is 2.48. The highest BCUT2D eigenvalue weighted by atomic mass is 31.2. The Bertz CT molecular complexity index is 1990. The van der Waals surface area contributed by atoms with Crippen LogP contribution >= 0.6 is 14.3 Å². The summed E-state index contributed by atoms with van der Waals surface area (Å²) in [4.78, 5) is 0. The molecule has 6 aromatic carbocycles. The Kier molecular flexibility index (Phi) is 8.52. The second-order valence-corrected chi connectivity index (χ2v) is 17.2. The van der Waals surface area contributed by atoms with Gasteiger partial charge in [0.25, 0.3) is 0 Å². The lowest BCUT2D eigenvalue weighted by Crippen LogP contribution is -2.25. The highest BCUT2D eigenvalue weighted by molar-refractivity contribution is 8.00. The molecule has 0 bridgehead atoms. The summed E-state index contributed by atoms with van der Waals surface area (Å²) in [5, 5.41) is 2.65. The Labute approximate surface area is 276 Å². The van der Waals surface area contributed by atoms with Crippen LogP contribution in [0, 0.1) is 0 Å². The second kappa shape index (κ2) is 13.0. The fourth-order valence-electron chi connectivity index (χ4n) is 6.20. The van der Waals surface area contributed by atoms with E-state index in [-0.39, 0.29) is 0 Å². The van der Waals surface area contributed by atoms with Crippen LogP contribution in [0.1, 0.15) is 29.2 Å². The number of ether oxygens (including phenoxy) is 1. The van der Waals surface area contributed by atoms with E-state index in [1.165, 1.54) is 5.56 Å². The number of benzene rings is 6. The number of fused-ring (bicyclic) bond motifs is 1. The zero-order chi connectivity index (χ0) is 32.3. The first-order valence-electron chi connectivity index (χ1n) is 15.8. The van der Waals surface area contributed by atoms with Gasteiger partial charge in [0.2, 0.25) is 0 Å². The van der Waals surface area contributed by atoms with Crippen molar-refractivity contribution in [3.63, 3.8) is 0 Å². The average molecular weight is 649 g/mol. The van der Waals surface area contributed by atoms with E-state index in [1.807, 2.05) is 152 Å². The average Bonchev–Trinajstić information content (AvgIpc) is 3.16. The lowest BCUT2D eigenvalue weighted by Gasteiger charge is -2.33. The molecule has 0 saturated heterocycles. The van der Waals surface area contributed by atoms with Crippen molar-refractivity contribution < 1.29 is 13.9 Å². The Morgan fingerprint density at radius 3 is 1.34 bits per heavy atom. The van der Waals surface area contributed by atoms with E-state index in [1.54, 1.807) is 0 Å². The van der Waals surface area contributed by atoms with Crippen molar-refractivity contribution in [1.29, 1.82) is 0 Å². The molecule has 0 spiro atoms. The third-order valence-corrected chi connectivity index (χ3v) is 16.0. The van der Waals surface area contributed by atoms with Gasteiger partial charge in [-0.2, -0.15) is 0 Å². The number of rotatable bonds is 8. The van der Waals surface area contributed by atoms with Gasteiger partial charge in [-0.15, -0.1) is 0 Å². The Morgan fingerprint density at radius 1 is 0.511 bits per heavy atom. The number of hydrogen-bond donors (Lipinski definition) is 0. The molecule has 230 valence electrons. The standard InChI is InChI=1S/C42H34O3P2/c1-2-32-27-29-33(30-28-32)40-31-34-17-15-16-26-39(34)41(45-40)42(46(43,35-18-7-3-8-19-35)36-20-9-4-10-21-36)47(44,37-22-11-5-12-23-37)38-24-13-6-14-25-38/h3-31H,2H2,1H3. The van der Waals surface area contributed by atoms with Gasteiger partial charge >= 0.3 is 0 Å². The predicted octanol–water partition coefficient (Wildman–Crippen LogP) is 9.43. The summed E-state index contributed by atoms with van der Waals surface area (Å²) in [5.74, 6) is 0.976. The van der Waals surface area contributed by atoms with Crippen molar-refractivity contribution >= 4 is 53.1 Å². The molecule has 0 saturated carbocycles.